The minimum Gasteiger partial charge on any atom is -0.379 e. The number of unbranched alkanes of at least 4 members (excludes halogenated alkanes) is 1. The van der Waals surface area contributed by atoms with Crippen LogP contribution in [0.3, 0.4) is 0 Å². The number of aryl methyl sites for hydroxylation is 2. The van der Waals surface area contributed by atoms with Crippen LogP contribution in [-0.4, -0.2) is 15.8 Å². The smallest absolute Gasteiger partial charge is 0.379 e. The van der Waals surface area contributed by atoms with E-state index in [0.717, 1.165) is 19.3 Å². The number of halogens is 3. The Bertz CT molecular complexity index is 548. The molecule has 2 nitrogen and oxygen atoms in total. The van der Waals surface area contributed by atoms with E-state index in [1.165, 1.54) is 17.8 Å². The van der Waals surface area contributed by atoms with Gasteiger partial charge in [0.25, 0.3) is 0 Å². The predicted molar refractivity (Wildman–Crippen MR) is 74.8 cm³/mol. The van der Waals surface area contributed by atoms with Crippen LogP contribution in [0, 0.1) is 0 Å². The van der Waals surface area contributed by atoms with Crippen LogP contribution in [0.5, 0.6) is 0 Å². The number of hydrogen-bond acceptors (Lipinski definition) is 1. The molecule has 0 bridgehead atoms. The second kappa shape index (κ2) is 6.80. The number of aliphatic hydroxyl groups is 1. The quantitative estimate of drug-likeness (QED) is 0.798. The number of hydrogen-bond donors (Lipinski definition) is 1. The van der Waals surface area contributed by atoms with Crippen molar-refractivity contribution in [3.05, 3.63) is 59.9 Å². The van der Waals surface area contributed by atoms with E-state index >= 15 is 0 Å². The fraction of sp³-hybridized carbons (Fsp3) is 0.375. The van der Waals surface area contributed by atoms with E-state index in [9.17, 15) is 13.2 Å². The molecule has 2 aromatic rings. The molecule has 1 atom stereocenters. The summed E-state index contributed by atoms with van der Waals surface area (Å²) in [5, 5.41) is 9.15. The van der Waals surface area contributed by atoms with E-state index in [2.05, 4.69) is 12.1 Å². The van der Waals surface area contributed by atoms with Gasteiger partial charge in [0.1, 0.15) is 0 Å². The third kappa shape index (κ3) is 4.63. The number of benzene rings is 1. The Hall–Kier alpha value is -1.75. The van der Waals surface area contributed by atoms with Crippen molar-refractivity contribution in [3.8, 4) is 0 Å². The van der Waals surface area contributed by atoms with Crippen LogP contribution in [-0.2, 0) is 13.0 Å². The lowest BCUT2D eigenvalue weighted by Crippen LogP contribution is -2.19. The number of rotatable bonds is 6. The molecule has 0 radical (unpaired) electrons. The van der Waals surface area contributed by atoms with Crippen molar-refractivity contribution in [1.29, 1.82) is 0 Å². The third-order valence-corrected chi connectivity index (χ3v) is 3.37. The summed E-state index contributed by atoms with van der Waals surface area (Å²) in [4.78, 5) is 0. The topological polar surface area (TPSA) is 25.2 Å². The first-order valence-electron chi connectivity index (χ1n) is 6.91. The molecule has 1 unspecified atom stereocenters. The zero-order valence-corrected chi connectivity index (χ0v) is 11.6. The summed E-state index contributed by atoms with van der Waals surface area (Å²) in [5.41, 5.74) is 1.16. The highest BCUT2D eigenvalue weighted by Gasteiger charge is 2.39. The monoisotopic (exact) mass is 297 g/mol. The highest BCUT2D eigenvalue weighted by molar-refractivity contribution is 5.15. The molecule has 1 N–H and O–H groups in total. The molecule has 0 amide bonds. The van der Waals surface area contributed by atoms with Crippen molar-refractivity contribution in [3.63, 3.8) is 0 Å². The summed E-state index contributed by atoms with van der Waals surface area (Å²) in [6.45, 7) is 0.650. The molecule has 1 aromatic carbocycles. The first-order valence-corrected chi connectivity index (χ1v) is 6.91. The molecule has 5 heteroatoms. The van der Waals surface area contributed by atoms with Gasteiger partial charge >= 0.3 is 6.18 Å². The second-order valence-electron chi connectivity index (χ2n) is 5.07. The van der Waals surface area contributed by atoms with Gasteiger partial charge in [0.15, 0.2) is 6.10 Å². The van der Waals surface area contributed by atoms with Crippen LogP contribution in [0.2, 0.25) is 0 Å². The van der Waals surface area contributed by atoms with Gasteiger partial charge < -0.3 is 9.67 Å². The molecule has 2 rings (SSSR count). The van der Waals surface area contributed by atoms with Crippen LogP contribution in [0.15, 0.2) is 48.8 Å². The number of aliphatic hydroxyl groups excluding tert-OH is 1. The minimum absolute atomic E-state index is 0.106. The average molecular weight is 297 g/mol. The predicted octanol–water partition coefficient (Wildman–Crippen LogP) is 4.11. The Morgan fingerprint density at radius 3 is 2.43 bits per heavy atom. The lowest BCUT2D eigenvalue weighted by Gasteiger charge is -2.12. The van der Waals surface area contributed by atoms with E-state index in [-0.39, 0.29) is 5.56 Å². The van der Waals surface area contributed by atoms with Gasteiger partial charge in [0.05, 0.1) is 0 Å². The van der Waals surface area contributed by atoms with Crippen LogP contribution in [0.25, 0.3) is 0 Å². The third-order valence-electron chi connectivity index (χ3n) is 3.37. The SMILES string of the molecule is OC(c1ccn(CCCCc2ccccc2)c1)C(F)(F)F. The highest BCUT2D eigenvalue weighted by atomic mass is 19.4. The summed E-state index contributed by atoms with van der Waals surface area (Å²) in [5.74, 6) is 0. The summed E-state index contributed by atoms with van der Waals surface area (Å²) in [6.07, 6.45) is -1.26. The standard InChI is InChI=1S/C16H18F3NO/c17-16(18,19)15(21)14-9-11-20(12-14)10-5-4-8-13-6-2-1-3-7-13/h1-3,6-7,9,11-12,15,21H,4-5,8,10H2. The molecular weight excluding hydrogens is 279 g/mol. The summed E-state index contributed by atoms with van der Waals surface area (Å²) in [7, 11) is 0. The Labute approximate surface area is 121 Å². The fourth-order valence-electron chi connectivity index (χ4n) is 2.22. The van der Waals surface area contributed by atoms with E-state index in [0.29, 0.717) is 6.54 Å². The Balaban J connectivity index is 1.78. The van der Waals surface area contributed by atoms with Gasteiger partial charge in [-0.3, -0.25) is 0 Å². The molecular formula is C16H18F3NO. The highest BCUT2D eigenvalue weighted by Crippen LogP contribution is 2.32. The largest absolute Gasteiger partial charge is 0.418 e. The van der Waals surface area contributed by atoms with Crippen molar-refractivity contribution in [2.45, 2.75) is 38.1 Å². The van der Waals surface area contributed by atoms with Crippen LogP contribution in [0.4, 0.5) is 13.2 Å². The van der Waals surface area contributed by atoms with Crippen molar-refractivity contribution in [2.75, 3.05) is 0 Å². The zero-order chi connectivity index (χ0) is 15.3. The van der Waals surface area contributed by atoms with Gasteiger partial charge in [-0.25, -0.2) is 0 Å². The minimum atomic E-state index is -4.61. The molecule has 0 saturated heterocycles. The molecule has 1 heterocycles. The van der Waals surface area contributed by atoms with Gasteiger partial charge in [-0.05, 0) is 30.9 Å². The molecule has 114 valence electrons. The van der Waals surface area contributed by atoms with E-state index in [1.54, 1.807) is 10.8 Å². The second-order valence-corrected chi connectivity index (χ2v) is 5.07. The Morgan fingerprint density at radius 1 is 1.05 bits per heavy atom. The van der Waals surface area contributed by atoms with Crippen molar-refractivity contribution >= 4 is 0 Å². The van der Waals surface area contributed by atoms with Crippen LogP contribution < -0.4 is 0 Å². The van der Waals surface area contributed by atoms with Crippen molar-refractivity contribution in [2.24, 2.45) is 0 Å². The molecule has 0 saturated carbocycles. The van der Waals surface area contributed by atoms with Gasteiger partial charge in [-0.1, -0.05) is 30.3 Å². The molecule has 0 aliphatic rings. The zero-order valence-electron chi connectivity index (χ0n) is 11.6. The molecule has 1 aromatic heterocycles. The maximum absolute atomic E-state index is 12.4. The lowest BCUT2D eigenvalue weighted by molar-refractivity contribution is -0.206. The molecule has 0 spiro atoms. The number of aromatic nitrogens is 1. The summed E-state index contributed by atoms with van der Waals surface area (Å²) in [6, 6.07) is 11.4. The van der Waals surface area contributed by atoms with Gasteiger partial charge in [-0.2, -0.15) is 13.2 Å². The van der Waals surface area contributed by atoms with Crippen LogP contribution >= 0.6 is 0 Å². The molecule has 0 fully saturated rings. The normalized spacial score (nSPS) is 13.3. The van der Waals surface area contributed by atoms with Crippen molar-refractivity contribution in [1.82, 2.24) is 4.57 Å². The molecule has 0 aliphatic carbocycles. The average Bonchev–Trinajstić information content (AvgIpc) is 2.91. The fourth-order valence-corrected chi connectivity index (χ4v) is 2.22. The first-order chi connectivity index (χ1) is 9.97. The molecule has 21 heavy (non-hydrogen) atoms. The Kier molecular flexibility index (Phi) is 5.07. The summed E-state index contributed by atoms with van der Waals surface area (Å²) < 4.78 is 38.8. The first kappa shape index (κ1) is 15.6. The number of nitrogens with zero attached hydrogens (tertiary/aromatic N) is 1. The van der Waals surface area contributed by atoms with Crippen molar-refractivity contribution < 1.29 is 18.3 Å². The van der Waals surface area contributed by atoms with Crippen LogP contribution in [0.1, 0.15) is 30.1 Å². The summed E-state index contributed by atoms with van der Waals surface area (Å²) >= 11 is 0. The van der Waals surface area contributed by atoms with Gasteiger partial charge in [0.2, 0.25) is 0 Å². The van der Waals surface area contributed by atoms with Gasteiger partial charge in [-0.15, -0.1) is 0 Å². The Morgan fingerprint density at radius 2 is 1.76 bits per heavy atom. The van der Waals surface area contributed by atoms with E-state index in [1.807, 2.05) is 18.2 Å². The van der Waals surface area contributed by atoms with E-state index < -0.39 is 12.3 Å². The lowest BCUT2D eigenvalue weighted by atomic mass is 10.1. The molecule has 0 aliphatic heterocycles. The van der Waals surface area contributed by atoms with E-state index in [4.69, 9.17) is 5.11 Å². The number of alkyl halides is 3. The maximum Gasteiger partial charge on any atom is 0.418 e. The van der Waals surface area contributed by atoms with Gasteiger partial charge in [0, 0.05) is 24.5 Å². The maximum atomic E-state index is 12.4.